The van der Waals surface area contributed by atoms with Gasteiger partial charge < -0.3 is 30.1 Å². The summed E-state index contributed by atoms with van der Waals surface area (Å²) in [5, 5.41) is 20.4. The van der Waals surface area contributed by atoms with E-state index >= 15 is 0 Å². The van der Waals surface area contributed by atoms with Gasteiger partial charge in [-0.15, -0.1) is 0 Å². The summed E-state index contributed by atoms with van der Waals surface area (Å²) >= 11 is 0. The molecular weight excluding hydrogens is 546 g/mol. The molecule has 4 rings (SSSR count). The van der Waals surface area contributed by atoms with E-state index in [9.17, 15) is 14.7 Å². The fourth-order valence-electron chi connectivity index (χ4n) is 5.03. The van der Waals surface area contributed by atoms with Crippen molar-refractivity contribution in [3.63, 3.8) is 0 Å². The Bertz CT molecular complexity index is 1400. The first-order chi connectivity index (χ1) is 20.5. The SMILES string of the molecule is C[C@@H](N(CCNCCc1ccc(O)c2c1OCC(=O)N2)C(=O)CCOCCc1cccc(-c2cnn(C)c2)c1)C(C)(C)C. The number of hydrogen-bond acceptors (Lipinski definition) is 7. The lowest BCUT2D eigenvalue weighted by Gasteiger charge is -2.38. The maximum Gasteiger partial charge on any atom is 0.262 e. The lowest BCUT2D eigenvalue weighted by atomic mass is 9.86. The number of carbonyl (C=O) groups is 2. The van der Waals surface area contributed by atoms with Crippen LogP contribution in [0.1, 0.15) is 45.2 Å². The number of ether oxygens (including phenoxy) is 2. The predicted molar refractivity (Wildman–Crippen MR) is 167 cm³/mol. The zero-order valence-corrected chi connectivity index (χ0v) is 26.0. The highest BCUT2D eigenvalue weighted by Gasteiger charge is 2.29. The van der Waals surface area contributed by atoms with Gasteiger partial charge >= 0.3 is 0 Å². The maximum atomic E-state index is 13.3. The highest BCUT2D eigenvalue weighted by molar-refractivity contribution is 5.97. The van der Waals surface area contributed by atoms with Crippen LogP contribution in [0.25, 0.3) is 11.1 Å². The van der Waals surface area contributed by atoms with Crippen LogP contribution >= 0.6 is 0 Å². The monoisotopic (exact) mass is 591 g/mol. The van der Waals surface area contributed by atoms with Crippen LogP contribution in [0, 0.1) is 5.41 Å². The smallest absolute Gasteiger partial charge is 0.262 e. The third-order valence-electron chi connectivity index (χ3n) is 7.93. The summed E-state index contributed by atoms with van der Waals surface area (Å²) in [6, 6.07) is 11.8. The van der Waals surface area contributed by atoms with Crippen LogP contribution in [0.15, 0.2) is 48.8 Å². The lowest BCUT2D eigenvalue weighted by molar-refractivity contribution is -0.136. The van der Waals surface area contributed by atoms with E-state index in [0.717, 1.165) is 23.1 Å². The summed E-state index contributed by atoms with van der Waals surface area (Å²) in [7, 11) is 1.91. The highest BCUT2D eigenvalue weighted by atomic mass is 16.5. The fourth-order valence-corrected chi connectivity index (χ4v) is 5.03. The summed E-state index contributed by atoms with van der Waals surface area (Å²) in [4.78, 5) is 26.9. The Labute approximate surface area is 254 Å². The van der Waals surface area contributed by atoms with Crippen LogP contribution in [-0.4, -0.2) is 77.1 Å². The van der Waals surface area contributed by atoms with Crippen LogP contribution in [0.4, 0.5) is 5.69 Å². The third-order valence-corrected chi connectivity index (χ3v) is 7.93. The number of phenolic OH excluding ortho intramolecular Hbond substituents is 1. The number of anilines is 1. The van der Waals surface area contributed by atoms with Crippen molar-refractivity contribution < 1.29 is 24.2 Å². The van der Waals surface area contributed by atoms with Gasteiger partial charge in [-0.05, 0) is 54.5 Å². The molecule has 43 heavy (non-hydrogen) atoms. The van der Waals surface area contributed by atoms with Crippen LogP contribution in [0.3, 0.4) is 0 Å². The molecule has 0 radical (unpaired) electrons. The van der Waals surface area contributed by atoms with E-state index in [2.05, 4.69) is 61.6 Å². The van der Waals surface area contributed by atoms with Crippen LogP contribution < -0.4 is 15.4 Å². The molecule has 0 aliphatic carbocycles. The second-order valence-electron chi connectivity index (χ2n) is 12.1. The van der Waals surface area contributed by atoms with Gasteiger partial charge in [0.25, 0.3) is 5.91 Å². The van der Waals surface area contributed by atoms with E-state index in [1.54, 1.807) is 10.7 Å². The normalized spacial score (nSPS) is 13.7. The highest BCUT2D eigenvalue weighted by Crippen LogP contribution is 2.39. The Morgan fingerprint density at radius 2 is 2.00 bits per heavy atom. The number of amides is 2. The molecule has 2 heterocycles. The summed E-state index contributed by atoms with van der Waals surface area (Å²) in [5.74, 6) is 0.303. The van der Waals surface area contributed by atoms with E-state index < -0.39 is 0 Å². The van der Waals surface area contributed by atoms with Crippen molar-refractivity contribution in [3.05, 3.63) is 59.9 Å². The molecule has 0 saturated heterocycles. The largest absolute Gasteiger partial charge is 0.506 e. The number of rotatable bonds is 14. The minimum Gasteiger partial charge on any atom is -0.506 e. The van der Waals surface area contributed by atoms with Gasteiger partial charge in [0.2, 0.25) is 5.91 Å². The molecular formula is C33H45N5O5. The first kappa shape index (κ1) is 32.0. The number of nitrogens with one attached hydrogen (secondary N) is 2. The van der Waals surface area contributed by atoms with Gasteiger partial charge in [0.15, 0.2) is 12.4 Å². The van der Waals surface area contributed by atoms with Gasteiger partial charge in [0.1, 0.15) is 11.4 Å². The first-order valence-corrected chi connectivity index (χ1v) is 15.0. The van der Waals surface area contributed by atoms with Crippen molar-refractivity contribution in [3.8, 4) is 22.6 Å². The fraction of sp³-hybridized carbons (Fsp3) is 0.485. The second kappa shape index (κ2) is 14.5. The Morgan fingerprint density at radius 3 is 2.74 bits per heavy atom. The molecule has 0 saturated carbocycles. The van der Waals surface area contributed by atoms with Crippen molar-refractivity contribution in [2.24, 2.45) is 12.5 Å². The van der Waals surface area contributed by atoms with Crippen LogP contribution in [0.5, 0.6) is 11.5 Å². The first-order valence-electron chi connectivity index (χ1n) is 15.0. The average Bonchev–Trinajstić information content (AvgIpc) is 3.41. The van der Waals surface area contributed by atoms with Crippen molar-refractivity contribution in [2.75, 3.05) is 44.8 Å². The Kier molecular flexibility index (Phi) is 10.8. The molecule has 3 N–H and O–H groups in total. The summed E-state index contributed by atoms with van der Waals surface area (Å²) in [5.41, 5.74) is 4.56. The van der Waals surface area contributed by atoms with E-state index in [-0.39, 0.29) is 35.6 Å². The Morgan fingerprint density at radius 1 is 1.19 bits per heavy atom. The number of benzene rings is 2. The zero-order chi connectivity index (χ0) is 31.0. The molecule has 0 fully saturated rings. The molecule has 10 nitrogen and oxygen atoms in total. The Balaban J connectivity index is 1.22. The number of aryl methyl sites for hydroxylation is 1. The molecule has 1 aromatic heterocycles. The molecule has 3 aromatic rings. The summed E-state index contributed by atoms with van der Waals surface area (Å²) < 4.78 is 13.3. The van der Waals surface area contributed by atoms with Gasteiger partial charge in [0, 0.05) is 37.9 Å². The molecule has 0 spiro atoms. The van der Waals surface area contributed by atoms with E-state index in [4.69, 9.17) is 9.47 Å². The van der Waals surface area contributed by atoms with Crippen molar-refractivity contribution in [1.82, 2.24) is 20.0 Å². The summed E-state index contributed by atoms with van der Waals surface area (Å²) in [6.45, 7) is 11.3. The minimum atomic E-state index is -0.284. The molecule has 0 bridgehead atoms. The van der Waals surface area contributed by atoms with Gasteiger partial charge in [-0.3, -0.25) is 14.3 Å². The van der Waals surface area contributed by atoms with E-state index in [0.29, 0.717) is 57.1 Å². The molecule has 10 heteroatoms. The van der Waals surface area contributed by atoms with Crippen molar-refractivity contribution >= 4 is 17.5 Å². The number of nitrogens with zero attached hydrogens (tertiary/aromatic N) is 3. The summed E-state index contributed by atoms with van der Waals surface area (Å²) in [6.07, 6.45) is 5.62. The predicted octanol–water partition coefficient (Wildman–Crippen LogP) is 4.17. The maximum absolute atomic E-state index is 13.3. The zero-order valence-electron chi connectivity index (χ0n) is 26.0. The Hall–Kier alpha value is -3.89. The van der Waals surface area contributed by atoms with Crippen molar-refractivity contribution in [2.45, 2.75) is 53.0 Å². The molecule has 1 aliphatic rings. The third kappa shape index (κ3) is 8.81. The molecule has 1 atom stereocenters. The van der Waals surface area contributed by atoms with Gasteiger partial charge in [-0.25, -0.2) is 0 Å². The van der Waals surface area contributed by atoms with Crippen LogP contribution in [0.2, 0.25) is 0 Å². The topological polar surface area (TPSA) is 118 Å². The van der Waals surface area contributed by atoms with Crippen molar-refractivity contribution in [1.29, 1.82) is 0 Å². The molecule has 2 amide bonds. The van der Waals surface area contributed by atoms with Gasteiger partial charge in [-0.2, -0.15) is 5.10 Å². The number of aromatic hydroxyl groups is 1. The lowest BCUT2D eigenvalue weighted by Crippen LogP contribution is -2.48. The van der Waals surface area contributed by atoms with Crippen LogP contribution in [-0.2, 0) is 34.2 Å². The minimum absolute atomic E-state index is 0.0101. The quantitative estimate of drug-likeness (QED) is 0.190. The molecule has 2 aromatic carbocycles. The van der Waals surface area contributed by atoms with E-state index in [1.807, 2.05) is 36.5 Å². The number of hydrogen-bond donors (Lipinski definition) is 3. The number of fused-ring (bicyclic) bond motifs is 1. The molecule has 232 valence electrons. The number of carbonyl (C=O) groups excluding carboxylic acids is 2. The molecule has 1 aliphatic heterocycles. The number of aromatic nitrogens is 2. The standard InChI is InChI=1S/C33H45N5O5/c1-23(33(2,3)4)38(16-15-34-14-11-25-9-10-28(39)31-32(25)43-22-29(40)36-31)30(41)13-18-42-17-12-24-7-6-8-26(19-24)27-20-35-37(5)21-27/h6-10,19-21,23,34,39H,11-18,22H2,1-5H3,(H,36,40)/t23-/m1/s1. The van der Waals surface area contributed by atoms with E-state index in [1.165, 1.54) is 5.56 Å². The molecule has 0 unspecified atom stereocenters. The van der Waals surface area contributed by atoms with Gasteiger partial charge in [-0.1, -0.05) is 51.1 Å². The second-order valence-corrected chi connectivity index (χ2v) is 12.1. The van der Waals surface area contributed by atoms with Gasteiger partial charge in [0.05, 0.1) is 25.8 Å². The number of phenols is 1. The average molecular weight is 592 g/mol.